The zero-order chi connectivity index (χ0) is 19.6. The summed E-state index contributed by atoms with van der Waals surface area (Å²) in [7, 11) is 1.77. The van der Waals surface area contributed by atoms with Gasteiger partial charge < -0.3 is 16.0 Å². The first-order chi connectivity index (χ1) is 13.0. The van der Waals surface area contributed by atoms with Crippen LogP contribution < -0.4 is 16.0 Å². The third kappa shape index (κ3) is 9.56. The molecule has 1 aromatic carbocycles. The summed E-state index contributed by atoms with van der Waals surface area (Å²) < 4.78 is 1.12. The van der Waals surface area contributed by atoms with Crippen LogP contribution in [0.15, 0.2) is 33.7 Å². The molecule has 1 aromatic rings. The number of piperidine rings is 1. The molecule has 1 saturated heterocycles. The molecule has 0 spiro atoms. The molecule has 8 heteroatoms. The van der Waals surface area contributed by atoms with Gasteiger partial charge in [-0.15, -0.1) is 24.0 Å². The monoisotopic (exact) mass is 565 g/mol. The molecule has 1 fully saturated rings. The van der Waals surface area contributed by atoms with Gasteiger partial charge in [0.05, 0.1) is 0 Å². The van der Waals surface area contributed by atoms with E-state index in [1.807, 2.05) is 13.8 Å². The van der Waals surface area contributed by atoms with Gasteiger partial charge in [0.1, 0.15) is 0 Å². The maximum Gasteiger partial charge on any atom is 0.221 e. The van der Waals surface area contributed by atoms with E-state index in [1.165, 1.54) is 5.56 Å². The van der Waals surface area contributed by atoms with Crippen LogP contribution in [-0.2, 0) is 11.3 Å². The minimum absolute atomic E-state index is 0. The first-order valence-corrected chi connectivity index (χ1v) is 10.5. The fraction of sp³-hybridized carbons (Fsp3) is 0.600. The number of hydrogen-bond acceptors (Lipinski definition) is 3. The highest BCUT2D eigenvalue weighted by atomic mass is 127. The van der Waals surface area contributed by atoms with Crippen molar-refractivity contribution in [1.82, 2.24) is 20.9 Å². The van der Waals surface area contributed by atoms with E-state index in [2.05, 4.69) is 66.0 Å². The van der Waals surface area contributed by atoms with E-state index in [0.717, 1.165) is 42.9 Å². The fourth-order valence-electron chi connectivity index (χ4n) is 3.16. The number of halogens is 2. The third-order valence-corrected chi connectivity index (χ3v) is 5.09. The van der Waals surface area contributed by atoms with Crippen molar-refractivity contribution in [2.75, 3.05) is 26.7 Å². The van der Waals surface area contributed by atoms with E-state index in [9.17, 15) is 4.79 Å². The summed E-state index contributed by atoms with van der Waals surface area (Å²) >= 11 is 3.48. The maximum atomic E-state index is 11.7. The van der Waals surface area contributed by atoms with Gasteiger partial charge in [-0.2, -0.15) is 0 Å². The number of carbonyl (C=O) groups is 1. The van der Waals surface area contributed by atoms with E-state index in [1.54, 1.807) is 7.05 Å². The Morgan fingerprint density at radius 3 is 2.46 bits per heavy atom. The smallest absolute Gasteiger partial charge is 0.221 e. The molecule has 0 radical (unpaired) electrons. The van der Waals surface area contributed by atoms with E-state index in [-0.39, 0.29) is 35.9 Å². The number of rotatable bonds is 7. The topological polar surface area (TPSA) is 68.8 Å². The van der Waals surface area contributed by atoms with Gasteiger partial charge in [-0.1, -0.05) is 28.1 Å². The van der Waals surface area contributed by atoms with Crippen molar-refractivity contribution >= 4 is 51.8 Å². The normalized spacial score (nSPS) is 15.8. The first-order valence-electron chi connectivity index (χ1n) is 9.69. The quantitative estimate of drug-likeness (QED) is 0.270. The number of nitrogens with zero attached hydrogens (tertiary/aromatic N) is 2. The molecule has 0 aromatic heterocycles. The number of nitrogens with one attached hydrogen (secondary N) is 3. The molecule has 1 aliphatic rings. The number of carbonyl (C=O) groups excluding carboxylic acids is 1. The minimum atomic E-state index is 0. The lowest BCUT2D eigenvalue weighted by molar-refractivity contribution is -0.121. The molecule has 158 valence electrons. The van der Waals surface area contributed by atoms with Gasteiger partial charge in [0.25, 0.3) is 0 Å². The molecule has 2 rings (SSSR count). The van der Waals surface area contributed by atoms with E-state index < -0.39 is 0 Å². The Balaban J connectivity index is 0.00000392. The molecule has 0 bridgehead atoms. The molecular weight excluding hydrogens is 533 g/mol. The Labute approximate surface area is 194 Å². The Bertz CT molecular complexity index is 616. The molecule has 0 atom stereocenters. The molecule has 1 aliphatic heterocycles. The Morgan fingerprint density at radius 2 is 1.89 bits per heavy atom. The van der Waals surface area contributed by atoms with Crippen LogP contribution >= 0.6 is 39.9 Å². The van der Waals surface area contributed by atoms with Gasteiger partial charge in [-0.25, -0.2) is 0 Å². The average molecular weight is 566 g/mol. The molecule has 28 heavy (non-hydrogen) atoms. The molecule has 0 aliphatic carbocycles. The lowest BCUT2D eigenvalue weighted by atomic mass is 10.0. The summed E-state index contributed by atoms with van der Waals surface area (Å²) in [6.07, 6.45) is 2.63. The molecule has 3 N–H and O–H groups in total. The Kier molecular flexibility index (Phi) is 12.0. The second-order valence-corrected chi connectivity index (χ2v) is 8.21. The zero-order valence-corrected chi connectivity index (χ0v) is 20.9. The highest BCUT2D eigenvalue weighted by Crippen LogP contribution is 2.16. The molecular formula is C20H33BrIN5O. The van der Waals surface area contributed by atoms with Crippen LogP contribution in [0.3, 0.4) is 0 Å². The van der Waals surface area contributed by atoms with Gasteiger partial charge >= 0.3 is 0 Å². The van der Waals surface area contributed by atoms with Crippen molar-refractivity contribution in [3.8, 4) is 0 Å². The summed E-state index contributed by atoms with van der Waals surface area (Å²) in [5, 5.41) is 9.62. The SMILES string of the molecule is CN=C(NCCC(=O)NC(C)C)NC1CCN(Cc2ccc(Br)cc2)CC1.I. The van der Waals surface area contributed by atoms with Crippen LogP contribution in [0, 0.1) is 0 Å². The highest BCUT2D eigenvalue weighted by molar-refractivity contribution is 14.0. The standard InChI is InChI=1S/C20H32BrN5O.HI/c1-15(2)24-19(27)8-11-23-20(22-3)25-18-9-12-26(13-10-18)14-16-4-6-17(21)7-5-16;/h4-7,15,18H,8-14H2,1-3H3,(H,24,27)(H2,22,23,25);1H. The van der Waals surface area contributed by atoms with Crippen molar-refractivity contribution in [3.63, 3.8) is 0 Å². The van der Waals surface area contributed by atoms with Crippen LogP contribution in [0.25, 0.3) is 0 Å². The van der Waals surface area contributed by atoms with E-state index in [0.29, 0.717) is 19.0 Å². The molecule has 1 amide bonds. The number of likely N-dealkylation sites (tertiary alicyclic amines) is 1. The summed E-state index contributed by atoms with van der Waals surface area (Å²) in [5.41, 5.74) is 1.35. The number of benzene rings is 1. The van der Waals surface area contributed by atoms with Gasteiger partial charge in [0.15, 0.2) is 5.96 Å². The van der Waals surface area contributed by atoms with Gasteiger partial charge in [-0.05, 0) is 44.4 Å². The van der Waals surface area contributed by atoms with Crippen LogP contribution in [0.5, 0.6) is 0 Å². The van der Waals surface area contributed by atoms with Gasteiger partial charge in [0.2, 0.25) is 5.91 Å². The maximum absolute atomic E-state index is 11.7. The largest absolute Gasteiger partial charge is 0.356 e. The predicted octanol–water partition coefficient (Wildman–Crippen LogP) is 3.11. The van der Waals surface area contributed by atoms with E-state index in [4.69, 9.17) is 0 Å². The van der Waals surface area contributed by atoms with E-state index >= 15 is 0 Å². The van der Waals surface area contributed by atoms with Crippen molar-refractivity contribution in [3.05, 3.63) is 34.3 Å². The average Bonchev–Trinajstić information content (AvgIpc) is 2.63. The second-order valence-electron chi connectivity index (χ2n) is 7.29. The lowest BCUT2D eigenvalue weighted by Gasteiger charge is -2.33. The summed E-state index contributed by atoms with van der Waals surface area (Å²) in [6, 6.07) is 9.14. The van der Waals surface area contributed by atoms with Crippen LogP contribution in [0.4, 0.5) is 0 Å². The summed E-state index contributed by atoms with van der Waals surface area (Å²) in [5.74, 6) is 0.841. The summed E-state index contributed by atoms with van der Waals surface area (Å²) in [6.45, 7) is 7.66. The van der Waals surface area contributed by atoms with Crippen molar-refractivity contribution in [1.29, 1.82) is 0 Å². The highest BCUT2D eigenvalue weighted by Gasteiger charge is 2.20. The van der Waals surface area contributed by atoms with Crippen LogP contribution in [0.1, 0.15) is 38.7 Å². The molecule has 0 unspecified atom stereocenters. The fourth-order valence-corrected chi connectivity index (χ4v) is 3.42. The number of guanidine groups is 1. The summed E-state index contributed by atoms with van der Waals surface area (Å²) in [4.78, 5) is 18.5. The van der Waals surface area contributed by atoms with Crippen LogP contribution in [-0.4, -0.2) is 55.5 Å². The predicted molar refractivity (Wildman–Crippen MR) is 130 cm³/mol. The molecule has 0 saturated carbocycles. The van der Waals surface area contributed by atoms with Crippen molar-refractivity contribution in [2.24, 2.45) is 4.99 Å². The lowest BCUT2D eigenvalue weighted by Crippen LogP contribution is -2.49. The number of amides is 1. The zero-order valence-electron chi connectivity index (χ0n) is 17.0. The first kappa shape index (κ1) is 25.2. The Morgan fingerprint density at radius 1 is 1.25 bits per heavy atom. The van der Waals surface area contributed by atoms with Gasteiger partial charge in [0, 0.05) is 56.2 Å². The Hall–Kier alpha value is -0.870. The van der Waals surface area contributed by atoms with Crippen molar-refractivity contribution in [2.45, 2.75) is 51.7 Å². The van der Waals surface area contributed by atoms with Crippen LogP contribution in [0.2, 0.25) is 0 Å². The molecule has 1 heterocycles. The second kappa shape index (κ2) is 13.4. The number of hydrogen-bond donors (Lipinski definition) is 3. The minimum Gasteiger partial charge on any atom is -0.356 e. The van der Waals surface area contributed by atoms with Gasteiger partial charge in [-0.3, -0.25) is 14.7 Å². The third-order valence-electron chi connectivity index (χ3n) is 4.57. The molecule has 6 nitrogen and oxygen atoms in total. The number of aliphatic imine (C=N–C) groups is 1. The van der Waals surface area contributed by atoms with Crippen molar-refractivity contribution < 1.29 is 4.79 Å².